The maximum Gasteiger partial charge on any atom is 0.270 e. The summed E-state index contributed by atoms with van der Waals surface area (Å²) in [6.07, 6.45) is 3.43. The van der Waals surface area contributed by atoms with E-state index >= 15 is 0 Å². The normalized spacial score (nSPS) is 15.4. The number of hydrogen-bond acceptors (Lipinski definition) is 5. The number of amides is 1. The van der Waals surface area contributed by atoms with Crippen molar-refractivity contribution in [3.63, 3.8) is 0 Å². The summed E-state index contributed by atoms with van der Waals surface area (Å²) in [7, 11) is 2.12. The molecule has 0 radical (unpaired) electrons. The molecule has 1 aliphatic rings. The zero-order chi connectivity index (χ0) is 16.1. The number of aromatic nitrogens is 2. The molecule has 3 heterocycles. The van der Waals surface area contributed by atoms with Crippen LogP contribution in [0.4, 0.5) is 5.82 Å². The molecule has 2 aromatic rings. The molecule has 0 atom stereocenters. The van der Waals surface area contributed by atoms with Gasteiger partial charge in [0.25, 0.3) is 5.91 Å². The van der Waals surface area contributed by atoms with E-state index in [1.54, 1.807) is 18.5 Å². The minimum Gasteiger partial charge on any atom is -0.354 e. The maximum atomic E-state index is 12.3. The molecule has 1 N–H and O–H groups in total. The summed E-state index contributed by atoms with van der Waals surface area (Å²) < 4.78 is 0. The minimum atomic E-state index is -0.155. The van der Waals surface area contributed by atoms with Crippen LogP contribution in [0.15, 0.2) is 42.7 Å². The molecule has 3 rings (SSSR count). The average molecular weight is 311 g/mol. The zero-order valence-electron chi connectivity index (χ0n) is 13.3. The van der Waals surface area contributed by atoms with Crippen LogP contribution >= 0.6 is 0 Å². The zero-order valence-corrected chi connectivity index (χ0v) is 13.3. The lowest BCUT2D eigenvalue weighted by Crippen LogP contribution is -2.45. The summed E-state index contributed by atoms with van der Waals surface area (Å²) in [5.74, 6) is 0.715. The van der Waals surface area contributed by atoms with Gasteiger partial charge in [-0.1, -0.05) is 6.07 Å². The number of likely N-dealkylation sites (N-methyl/N-ethyl adjacent to an activating group) is 1. The third-order valence-corrected chi connectivity index (χ3v) is 4.00. The predicted molar refractivity (Wildman–Crippen MR) is 89.4 cm³/mol. The van der Waals surface area contributed by atoms with E-state index < -0.39 is 0 Å². The van der Waals surface area contributed by atoms with Crippen molar-refractivity contribution in [2.75, 3.05) is 38.1 Å². The Balaban J connectivity index is 1.63. The largest absolute Gasteiger partial charge is 0.354 e. The van der Waals surface area contributed by atoms with Gasteiger partial charge in [0, 0.05) is 45.1 Å². The molecule has 23 heavy (non-hydrogen) atoms. The molecular formula is C17H21N5O. The number of carbonyl (C=O) groups is 1. The SMILES string of the molecule is CN1CCN(c2cccc(C(=O)NCc3ccncc3)n2)CC1. The first-order chi connectivity index (χ1) is 11.2. The van der Waals surface area contributed by atoms with E-state index in [-0.39, 0.29) is 5.91 Å². The second-order valence-electron chi connectivity index (χ2n) is 5.71. The average Bonchev–Trinajstić information content (AvgIpc) is 2.61. The van der Waals surface area contributed by atoms with Gasteiger partial charge < -0.3 is 15.1 Å². The van der Waals surface area contributed by atoms with Crippen LogP contribution in [0.5, 0.6) is 0 Å². The van der Waals surface area contributed by atoms with E-state index in [1.807, 2.05) is 24.3 Å². The molecule has 0 spiro atoms. The number of pyridine rings is 2. The maximum absolute atomic E-state index is 12.3. The molecule has 0 unspecified atom stereocenters. The standard InChI is InChI=1S/C17H21N5O/c1-21-9-11-22(12-10-21)16-4-2-3-15(20-16)17(23)19-13-14-5-7-18-8-6-14/h2-8H,9-13H2,1H3,(H,19,23). The highest BCUT2D eigenvalue weighted by atomic mass is 16.1. The molecule has 0 bridgehead atoms. The Bertz CT molecular complexity index is 653. The summed E-state index contributed by atoms with van der Waals surface area (Å²) in [5.41, 5.74) is 1.47. The van der Waals surface area contributed by atoms with E-state index in [0.717, 1.165) is 37.6 Å². The summed E-state index contributed by atoms with van der Waals surface area (Å²) >= 11 is 0. The number of nitrogens with zero attached hydrogens (tertiary/aromatic N) is 4. The molecular weight excluding hydrogens is 290 g/mol. The fourth-order valence-electron chi connectivity index (χ4n) is 2.53. The van der Waals surface area contributed by atoms with Gasteiger partial charge in [0.15, 0.2) is 0 Å². The van der Waals surface area contributed by atoms with Gasteiger partial charge >= 0.3 is 0 Å². The van der Waals surface area contributed by atoms with Crippen LogP contribution in [0.2, 0.25) is 0 Å². The Labute approximate surface area is 136 Å². The van der Waals surface area contributed by atoms with Gasteiger partial charge in [0.1, 0.15) is 11.5 Å². The highest BCUT2D eigenvalue weighted by Gasteiger charge is 2.16. The first kappa shape index (κ1) is 15.4. The van der Waals surface area contributed by atoms with Crippen molar-refractivity contribution in [1.82, 2.24) is 20.2 Å². The Kier molecular flexibility index (Phi) is 4.83. The molecule has 1 saturated heterocycles. The number of anilines is 1. The Morgan fingerprint density at radius 1 is 1.13 bits per heavy atom. The van der Waals surface area contributed by atoms with Gasteiger partial charge in [-0.05, 0) is 36.9 Å². The Morgan fingerprint density at radius 2 is 1.87 bits per heavy atom. The van der Waals surface area contributed by atoms with Crippen molar-refractivity contribution in [2.45, 2.75) is 6.54 Å². The van der Waals surface area contributed by atoms with E-state index in [4.69, 9.17) is 0 Å². The molecule has 0 aliphatic carbocycles. The van der Waals surface area contributed by atoms with Gasteiger partial charge in [-0.2, -0.15) is 0 Å². The molecule has 1 amide bonds. The number of rotatable bonds is 4. The van der Waals surface area contributed by atoms with Gasteiger partial charge in [-0.15, -0.1) is 0 Å². The number of piperazine rings is 1. The van der Waals surface area contributed by atoms with Crippen molar-refractivity contribution < 1.29 is 4.79 Å². The topological polar surface area (TPSA) is 61.4 Å². The van der Waals surface area contributed by atoms with Gasteiger partial charge in [0.2, 0.25) is 0 Å². The smallest absolute Gasteiger partial charge is 0.270 e. The minimum absolute atomic E-state index is 0.155. The molecule has 6 heteroatoms. The molecule has 6 nitrogen and oxygen atoms in total. The van der Waals surface area contributed by atoms with Crippen LogP contribution in [-0.2, 0) is 6.54 Å². The second-order valence-corrected chi connectivity index (χ2v) is 5.71. The lowest BCUT2D eigenvalue weighted by molar-refractivity contribution is 0.0946. The van der Waals surface area contributed by atoms with Crippen molar-refractivity contribution in [2.24, 2.45) is 0 Å². The Hall–Kier alpha value is -2.47. The first-order valence-corrected chi connectivity index (χ1v) is 7.80. The van der Waals surface area contributed by atoms with Crippen LogP contribution in [0.25, 0.3) is 0 Å². The van der Waals surface area contributed by atoms with Crippen LogP contribution < -0.4 is 10.2 Å². The van der Waals surface area contributed by atoms with E-state index in [0.29, 0.717) is 12.2 Å². The molecule has 2 aromatic heterocycles. The predicted octanol–water partition coefficient (Wildman–Crippen LogP) is 1.16. The fourth-order valence-corrected chi connectivity index (χ4v) is 2.53. The number of hydrogen-bond donors (Lipinski definition) is 1. The second kappa shape index (κ2) is 7.19. The van der Waals surface area contributed by atoms with E-state index in [1.165, 1.54) is 0 Å². The van der Waals surface area contributed by atoms with Crippen LogP contribution in [-0.4, -0.2) is 54.0 Å². The van der Waals surface area contributed by atoms with E-state index in [9.17, 15) is 4.79 Å². The monoisotopic (exact) mass is 311 g/mol. The molecule has 120 valence electrons. The van der Waals surface area contributed by atoms with Crippen molar-refractivity contribution in [3.8, 4) is 0 Å². The van der Waals surface area contributed by atoms with Gasteiger partial charge in [-0.25, -0.2) is 4.98 Å². The van der Waals surface area contributed by atoms with E-state index in [2.05, 4.69) is 32.1 Å². The van der Waals surface area contributed by atoms with Crippen molar-refractivity contribution >= 4 is 11.7 Å². The van der Waals surface area contributed by atoms with Crippen LogP contribution in [0.1, 0.15) is 16.1 Å². The first-order valence-electron chi connectivity index (χ1n) is 7.80. The lowest BCUT2D eigenvalue weighted by atomic mass is 10.2. The molecule has 0 aromatic carbocycles. The summed E-state index contributed by atoms with van der Waals surface area (Å²) in [6.45, 7) is 4.37. The quantitative estimate of drug-likeness (QED) is 0.918. The highest BCUT2D eigenvalue weighted by molar-refractivity contribution is 5.92. The third-order valence-electron chi connectivity index (χ3n) is 4.00. The molecule has 0 saturated carbocycles. The molecule has 1 fully saturated rings. The summed E-state index contributed by atoms with van der Waals surface area (Å²) in [5, 5.41) is 2.90. The lowest BCUT2D eigenvalue weighted by Gasteiger charge is -2.33. The van der Waals surface area contributed by atoms with Crippen molar-refractivity contribution in [1.29, 1.82) is 0 Å². The summed E-state index contributed by atoms with van der Waals surface area (Å²) in [4.78, 5) is 25.3. The highest BCUT2D eigenvalue weighted by Crippen LogP contribution is 2.13. The summed E-state index contributed by atoms with van der Waals surface area (Å²) in [6, 6.07) is 9.37. The molecule has 1 aliphatic heterocycles. The van der Waals surface area contributed by atoms with Crippen LogP contribution in [0, 0.1) is 0 Å². The van der Waals surface area contributed by atoms with Crippen LogP contribution in [0.3, 0.4) is 0 Å². The van der Waals surface area contributed by atoms with Gasteiger partial charge in [0.05, 0.1) is 0 Å². The van der Waals surface area contributed by atoms with Gasteiger partial charge in [-0.3, -0.25) is 9.78 Å². The number of nitrogens with one attached hydrogen (secondary N) is 1. The van der Waals surface area contributed by atoms with Crippen molar-refractivity contribution in [3.05, 3.63) is 54.0 Å². The number of carbonyl (C=O) groups excluding carboxylic acids is 1. The third kappa shape index (κ3) is 4.04. The fraction of sp³-hybridized carbons (Fsp3) is 0.353. The Morgan fingerprint density at radius 3 is 2.61 bits per heavy atom.